The Morgan fingerprint density at radius 1 is 1.08 bits per heavy atom. The van der Waals surface area contributed by atoms with Crippen LogP contribution in [0.15, 0.2) is 54.7 Å². The van der Waals surface area contributed by atoms with Gasteiger partial charge in [0.05, 0.1) is 18.4 Å². The van der Waals surface area contributed by atoms with Crippen molar-refractivity contribution >= 4 is 29.1 Å². The minimum absolute atomic E-state index is 0.340. The minimum Gasteiger partial charge on any atom is -0.462 e. The maximum absolute atomic E-state index is 11.7. The molecule has 0 radical (unpaired) electrons. The van der Waals surface area contributed by atoms with Gasteiger partial charge in [0.2, 0.25) is 5.95 Å². The van der Waals surface area contributed by atoms with Gasteiger partial charge in [0.15, 0.2) is 5.82 Å². The highest BCUT2D eigenvalue weighted by Gasteiger charge is 2.06. The van der Waals surface area contributed by atoms with Gasteiger partial charge in [-0.2, -0.15) is 10.1 Å². The summed E-state index contributed by atoms with van der Waals surface area (Å²) in [5, 5.41) is 14.2. The molecule has 3 aromatic rings. The molecule has 1 heterocycles. The number of anilines is 4. The van der Waals surface area contributed by atoms with Crippen LogP contribution in [0.1, 0.15) is 22.8 Å². The van der Waals surface area contributed by atoms with E-state index in [1.807, 2.05) is 31.2 Å². The van der Waals surface area contributed by atoms with Crippen LogP contribution in [0.4, 0.5) is 23.1 Å². The Hall–Kier alpha value is -3.48. The van der Waals surface area contributed by atoms with E-state index in [0.29, 0.717) is 23.9 Å². The number of ether oxygens (including phenoxy) is 1. The molecule has 132 valence electrons. The third kappa shape index (κ3) is 4.54. The molecular weight excluding hydrogens is 330 g/mol. The molecule has 0 aliphatic heterocycles. The summed E-state index contributed by atoms with van der Waals surface area (Å²) in [7, 11) is 0. The number of hydrogen-bond acceptors (Lipinski definition) is 7. The molecule has 7 heteroatoms. The number of carbonyl (C=O) groups excluding carboxylic acids is 1. The van der Waals surface area contributed by atoms with Crippen molar-refractivity contribution in [1.29, 1.82) is 0 Å². The highest BCUT2D eigenvalue weighted by molar-refractivity contribution is 5.89. The number of aromatic nitrogens is 3. The molecule has 0 saturated heterocycles. The first-order valence-electron chi connectivity index (χ1n) is 8.21. The van der Waals surface area contributed by atoms with Crippen LogP contribution in [0.25, 0.3) is 0 Å². The molecule has 0 unspecified atom stereocenters. The number of benzene rings is 2. The molecule has 26 heavy (non-hydrogen) atoms. The van der Waals surface area contributed by atoms with Crippen molar-refractivity contribution in [3.63, 3.8) is 0 Å². The predicted octanol–water partition coefficient (Wildman–Crippen LogP) is 3.84. The zero-order valence-corrected chi connectivity index (χ0v) is 14.6. The Bertz CT molecular complexity index is 896. The molecule has 0 aliphatic rings. The standard InChI is InChI=1S/C19H19N5O2/c1-3-26-18(25)14-7-9-15(10-8-14)21-17-12-20-24-19(23-17)22-16-6-4-5-13(2)11-16/h4-12H,3H2,1-2H3,(H2,21,22,23,24). The van der Waals surface area contributed by atoms with Gasteiger partial charge < -0.3 is 15.4 Å². The highest BCUT2D eigenvalue weighted by Crippen LogP contribution is 2.18. The second kappa shape index (κ2) is 8.06. The summed E-state index contributed by atoms with van der Waals surface area (Å²) in [6.07, 6.45) is 1.53. The van der Waals surface area contributed by atoms with Gasteiger partial charge in [-0.05, 0) is 55.8 Å². The molecule has 2 aromatic carbocycles. The van der Waals surface area contributed by atoms with Crippen LogP contribution >= 0.6 is 0 Å². The average Bonchev–Trinajstić information content (AvgIpc) is 2.63. The molecule has 0 amide bonds. The number of rotatable bonds is 6. The van der Waals surface area contributed by atoms with Crippen LogP contribution in [-0.2, 0) is 4.74 Å². The minimum atomic E-state index is -0.340. The van der Waals surface area contributed by atoms with Crippen molar-refractivity contribution < 1.29 is 9.53 Å². The van der Waals surface area contributed by atoms with E-state index in [4.69, 9.17) is 4.74 Å². The summed E-state index contributed by atoms with van der Waals surface area (Å²) in [5.74, 6) is 0.593. The van der Waals surface area contributed by atoms with Crippen LogP contribution in [0.2, 0.25) is 0 Å². The molecule has 3 rings (SSSR count). The van der Waals surface area contributed by atoms with E-state index in [9.17, 15) is 4.79 Å². The normalized spacial score (nSPS) is 10.2. The van der Waals surface area contributed by atoms with Crippen LogP contribution in [-0.4, -0.2) is 27.8 Å². The molecule has 7 nitrogen and oxygen atoms in total. The molecular formula is C19H19N5O2. The van der Waals surface area contributed by atoms with Crippen molar-refractivity contribution in [3.05, 3.63) is 65.9 Å². The van der Waals surface area contributed by atoms with Gasteiger partial charge in [-0.15, -0.1) is 5.10 Å². The SMILES string of the molecule is CCOC(=O)c1ccc(Nc2cnnc(Nc3cccc(C)c3)n2)cc1. The Morgan fingerprint density at radius 3 is 2.62 bits per heavy atom. The second-order valence-corrected chi connectivity index (χ2v) is 5.58. The fourth-order valence-electron chi connectivity index (χ4n) is 2.32. The monoisotopic (exact) mass is 349 g/mol. The van der Waals surface area contributed by atoms with Crippen LogP contribution in [0.5, 0.6) is 0 Å². The number of esters is 1. The lowest BCUT2D eigenvalue weighted by atomic mass is 10.2. The number of carbonyl (C=O) groups is 1. The van der Waals surface area contributed by atoms with Gasteiger partial charge in [-0.1, -0.05) is 12.1 Å². The third-order valence-corrected chi connectivity index (χ3v) is 3.50. The molecule has 0 spiro atoms. The van der Waals surface area contributed by atoms with E-state index in [1.165, 1.54) is 6.20 Å². The Balaban J connectivity index is 1.69. The molecule has 0 aliphatic carbocycles. The van der Waals surface area contributed by atoms with Gasteiger partial charge in [0, 0.05) is 11.4 Å². The number of aryl methyl sites for hydroxylation is 1. The van der Waals surface area contributed by atoms with Crippen molar-refractivity contribution in [2.24, 2.45) is 0 Å². The largest absolute Gasteiger partial charge is 0.462 e. The summed E-state index contributed by atoms with van der Waals surface area (Å²) in [4.78, 5) is 16.1. The lowest BCUT2D eigenvalue weighted by Crippen LogP contribution is -2.05. The second-order valence-electron chi connectivity index (χ2n) is 5.58. The molecule has 0 saturated carbocycles. The first-order chi connectivity index (χ1) is 12.6. The summed E-state index contributed by atoms with van der Waals surface area (Å²) >= 11 is 0. The van der Waals surface area contributed by atoms with Crippen molar-refractivity contribution in [2.75, 3.05) is 17.2 Å². The summed E-state index contributed by atoms with van der Waals surface area (Å²) in [6, 6.07) is 14.9. The van der Waals surface area contributed by atoms with Crippen molar-refractivity contribution in [1.82, 2.24) is 15.2 Å². The Morgan fingerprint density at radius 2 is 1.88 bits per heavy atom. The van der Waals surface area contributed by atoms with Gasteiger partial charge in [-0.25, -0.2) is 4.79 Å². The molecule has 0 bridgehead atoms. The number of nitrogens with one attached hydrogen (secondary N) is 2. The molecule has 2 N–H and O–H groups in total. The third-order valence-electron chi connectivity index (χ3n) is 3.50. The summed E-state index contributed by atoms with van der Waals surface area (Å²) in [6.45, 7) is 4.14. The van der Waals surface area contributed by atoms with Crippen LogP contribution < -0.4 is 10.6 Å². The van der Waals surface area contributed by atoms with E-state index in [-0.39, 0.29) is 5.97 Å². The summed E-state index contributed by atoms with van der Waals surface area (Å²) in [5.41, 5.74) is 3.31. The number of hydrogen-bond donors (Lipinski definition) is 2. The van der Waals surface area contributed by atoms with E-state index < -0.39 is 0 Å². The fourth-order valence-corrected chi connectivity index (χ4v) is 2.32. The smallest absolute Gasteiger partial charge is 0.338 e. The van der Waals surface area contributed by atoms with E-state index in [0.717, 1.165) is 16.9 Å². The van der Waals surface area contributed by atoms with E-state index >= 15 is 0 Å². The average molecular weight is 349 g/mol. The van der Waals surface area contributed by atoms with Gasteiger partial charge >= 0.3 is 5.97 Å². The van der Waals surface area contributed by atoms with E-state index in [1.54, 1.807) is 31.2 Å². The first-order valence-corrected chi connectivity index (χ1v) is 8.21. The first kappa shape index (κ1) is 17.3. The van der Waals surface area contributed by atoms with E-state index in [2.05, 4.69) is 25.8 Å². The zero-order chi connectivity index (χ0) is 18.4. The van der Waals surface area contributed by atoms with Crippen LogP contribution in [0.3, 0.4) is 0 Å². The molecule has 0 atom stereocenters. The zero-order valence-electron chi connectivity index (χ0n) is 14.6. The highest BCUT2D eigenvalue weighted by atomic mass is 16.5. The lowest BCUT2D eigenvalue weighted by molar-refractivity contribution is 0.0526. The lowest BCUT2D eigenvalue weighted by Gasteiger charge is -2.08. The maximum Gasteiger partial charge on any atom is 0.338 e. The Kier molecular flexibility index (Phi) is 5.38. The van der Waals surface area contributed by atoms with Crippen molar-refractivity contribution in [3.8, 4) is 0 Å². The fraction of sp³-hybridized carbons (Fsp3) is 0.158. The Labute approximate surface area is 151 Å². The van der Waals surface area contributed by atoms with Crippen molar-refractivity contribution in [2.45, 2.75) is 13.8 Å². The summed E-state index contributed by atoms with van der Waals surface area (Å²) < 4.78 is 4.97. The van der Waals surface area contributed by atoms with Crippen LogP contribution in [0, 0.1) is 6.92 Å². The predicted molar refractivity (Wildman–Crippen MR) is 100.0 cm³/mol. The molecule has 1 aromatic heterocycles. The number of nitrogens with zero attached hydrogens (tertiary/aromatic N) is 3. The topological polar surface area (TPSA) is 89.0 Å². The maximum atomic E-state index is 11.7. The van der Waals surface area contributed by atoms with Gasteiger partial charge in [0.1, 0.15) is 0 Å². The van der Waals surface area contributed by atoms with Gasteiger partial charge in [0.25, 0.3) is 0 Å². The quantitative estimate of drug-likeness (QED) is 0.653. The molecule has 0 fully saturated rings. The van der Waals surface area contributed by atoms with Gasteiger partial charge in [-0.3, -0.25) is 0 Å².